The van der Waals surface area contributed by atoms with E-state index in [1.807, 2.05) is 4.90 Å². The van der Waals surface area contributed by atoms with Crippen LogP contribution in [-0.4, -0.2) is 47.0 Å². The molecule has 2 heterocycles. The number of rotatable bonds is 3. The number of carboxylic acids is 1. The third kappa shape index (κ3) is 2.77. The van der Waals surface area contributed by atoms with Gasteiger partial charge in [0.2, 0.25) is 0 Å². The molecule has 6 nitrogen and oxygen atoms in total. The van der Waals surface area contributed by atoms with Crippen LogP contribution in [0.2, 0.25) is 10.0 Å². The first-order valence-corrected chi connectivity index (χ1v) is 7.56. The van der Waals surface area contributed by atoms with E-state index in [9.17, 15) is 9.90 Å². The smallest absolute Gasteiger partial charge is 0.341 e. The lowest BCUT2D eigenvalue weighted by Gasteiger charge is -2.30. The Bertz CT molecular complexity index is 711. The molecule has 0 unspecified atom stereocenters. The number of benzene rings is 1. The molecule has 1 aromatic heterocycles. The minimum Gasteiger partial charge on any atom is -0.477 e. The third-order valence-electron chi connectivity index (χ3n) is 3.53. The van der Waals surface area contributed by atoms with Crippen molar-refractivity contribution in [3.63, 3.8) is 0 Å². The van der Waals surface area contributed by atoms with Crippen LogP contribution >= 0.6 is 23.2 Å². The van der Waals surface area contributed by atoms with Crippen molar-refractivity contribution in [2.45, 2.75) is 0 Å². The van der Waals surface area contributed by atoms with E-state index in [4.69, 9.17) is 23.2 Å². The number of aromatic carboxylic acids is 1. The van der Waals surface area contributed by atoms with E-state index < -0.39 is 5.97 Å². The van der Waals surface area contributed by atoms with Crippen LogP contribution in [0.25, 0.3) is 5.69 Å². The quantitative estimate of drug-likeness (QED) is 0.896. The van der Waals surface area contributed by atoms with Gasteiger partial charge < -0.3 is 15.3 Å². The fourth-order valence-electron chi connectivity index (χ4n) is 2.50. The summed E-state index contributed by atoms with van der Waals surface area (Å²) in [5, 5.41) is 17.8. The summed E-state index contributed by atoms with van der Waals surface area (Å²) in [5.41, 5.74) is 0.764. The zero-order valence-electron chi connectivity index (χ0n) is 11.6. The maximum Gasteiger partial charge on any atom is 0.341 e. The number of piperazine rings is 1. The van der Waals surface area contributed by atoms with Gasteiger partial charge in [-0.05, 0) is 18.2 Å². The summed E-state index contributed by atoms with van der Waals surface area (Å²) in [7, 11) is 0. The number of anilines is 1. The van der Waals surface area contributed by atoms with E-state index in [0.717, 1.165) is 13.1 Å². The van der Waals surface area contributed by atoms with Crippen molar-refractivity contribution >= 4 is 35.0 Å². The van der Waals surface area contributed by atoms with Gasteiger partial charge in [0.15, 0.2) is 0 Å². The minimum absolute atomic E-state index is 0.160. The third-order valence-corrected chi connectivity index (χ3v) is 4.07. The Hall–Kier alpha value is -1.76. The standard InChI is InChI=1S/C14H14Cl2N4O2/c15-9-1-2-12(11(16)7-9)20-13(10(8-18-20)14(21)22)19-5-3-17-4-6-19/h1-2,7-8,17H,3-6H2,(H,21,22). The number of carbonyl (C=O) groups is 1. The van der Waals surface area contributed by atoms with Crippen LogP contribution in [0.4, 0.5) is 5.82 Å². The highest BCUT2D eigenvalue weighted by Crippen LogP contribution is 2.30. The molecule has 3 rings (SSSR count). The number of carboxylic acid groups (broad SMARTS) is 1. The second kappa shape index (κ2) is 6.16. The first-order chi connectivity index (χ1) is 10.6. The molecule has 1 fully saturated rings. The van der Waals surface area contributed by atoms with E-state index in [1.165, 1.54) is 6.20 Å². The highest BCUT2D eigenvalue weighted by atomic mass is 35.5. The van der Waals surface area contributed by atoms with Crippen molar-refractivity contribution in [2.75, 3.05) is 31.1 Å². The second-order valence-corrected chi connectivity index (χ2v) is 5.78. The van der Waals surface area contributed by atoms with Gasteiger partial charge in [0.1, 0.15) is 11.4 Å². The summed E-state index contributed by atoms with van der Waals surface area (Å²) >= 11 is 12.2. The summed E-state index contributed by atoms with van der Waals surface area (Å²) in [6.45, 7) is 2.99. The van der Waals surface area contributed by atoms with Gasteiger partial charge in [-0.2, -0.15) is 5.10 Å². The summed E-state index contributed by atoms with van der Waals surface area (Å²) in [6.07, 6.45) is 1.35. The molecule has 2 aromatic rings. The van der Waals surface area contributed by atoms with Crippen LogP contribution in [0.5, 0.6) is 0 Å². The summed E-state index contributed by atoms with van der Waals surface area (Å²) in [5.74, 6) is -0.469. The average Bonchev–Trinajstić information content (AvgIpc) is 2.93. The largest absolute Gasteiger partial charge is 0.477 e. The van der Waals surface area contributed by atoms with Crippen LogP contribution in [-0.2, 0) is 0 Å². The van der Waals surface area contributed by atoms with Crippen LogP contribution in [0.1, 0.15) is 10.4 Å². The Morgan fingerprint density at radius 1 is 1.27 bits per heavy atom. The van der Waals surface area contributed by atoms with Gasteiger partial charge in [-0.25, -0.2) is 9.48 Å². The molecule has 0 atom stereocenters. The molecule has 1 aliphatic heterocycles. The van der Waals surface area contributed by atoms with Gasteiger partial charge in [0, 0.05) is 31.2 Å². The van der Waals surface area contributed by atoms with Crippen molar-refractivity contribution in [1.29, 1.82) is 0 Å². The zero-order valence-corrected chi connectivity index (χ0v) is 13.1. The average molecular weight is 341 g/mol. The fraction of sp³-hybridized carbons (Fsp3) is 0.286. The highest BCUT2D eigenvalue weighted by molar-refractivity contribution is 6.35. The van der Waals surface area contributed by atoms with Crippen LogP contribution in [0, 0.1) is 0 Å². The van der Waals surface area contributed by atoms with Crippen molar-refractivity contribution in [3.8, 4) is 5.69 Å². The molecule has 0 amide bonds. The Labute approximate surface area is 137 Å². The minimum atomic E-state index is -1.01. The van der Waals surface area contributed by atoms with Crippen molar-refractivity contribution < 1.29 is 9.90 Å². The second-order valence-electron chi connectivity index (χ2n) is 4.93. The normalized spacial score (nSPS) is 15.1. The predicted molar refractivity (Wildman–Crippen MR) is 85.6 cm³/mol. The predicted octanol–water partition coefficient (Wildman–Crippen LogP) is 2.29. The Morgan fingerprint density at radius 3 is 2.64 bits per heavy atom. The van der Waals surface area contributed by atoms with E-state index >= 15 is 0 Å². The first kappa shape index (κ1) is 15.1. The molecule has 1 aliphatic rings. The van der Waals surface area contributed by atoms with Gasteiger partial charge in [-0.3, -0.25) is 0 Å². The Balaban J connectivity index is 2.13. The molecule has 22 heavy (non-hydrogen) atoms. The van der Waals surface area contributed by atoms with E-state index in [-0.39, 0.29) is 5.56 Å². The first-order valence-electron chi connectivity index (χ1n) is 6.80. The van der Waals surface area contributed by atoms with E-state index in [0.29, 0.717) is 34.6 Å². The summed E-state index contributed by atoms with van der Waals surface area (Å²) < 4.78 is 1.56. The molecule has 0 spiro atoms. The number of hydrogen-bond acceptors (Lipinski definition) is 4. The molecular weight excluding hydrogens is 327 g/mol. The van der Waals surface area contributed by atoms with Crippen LogP contribution in [0.3, 0.4) is 0 Å². The molecule has 1 saturated heterocycles. The Morgan fingerprint density at radius 2 is 2.00 bits per heavy atom. The monoisotopic (exact) mass is 340 g/mol. The van der Waals surface area contributed by atoms with Gasteiger partial charge in [0.05, 0.1) is 16.9 Å². The van der Waals surface area contributed by atoms with Gasteiger partial charge in [-0.15, -0.1) is 0 Å². The Kier molecular flexibility index (Phi) is 4.24. The topological polar surface area (TPSA) is 70.4 Å². The maximum absolute atomic E-state index is 11.5. The van der Waals surface area contributed by atoms with Gasteiger partial charge >= 0.3 is 5.97 Å². The van der Waals surface area contributed by atoms with Crippen molar-refractivity contribution in [1.82, 2.24) is 15.1 Å². The SMILES string of the molecule is O=C(O)c1cnn(-c2ccc(Cl)cc2Cl)c1N1CCNCC1. The summed E-state index contributed by atoms with van der Waals surface area (Å²) in [6, 6.07) is 5.05. The molecule has 0 radical (unpaired) electrons. The molecule has 0 bridgehead atoms. The highest BCUT2D eigenvalue weighted by Gasteiger charge is 2.25. The molecule has 0 saturated carbocycles. The lowest BCUT2D eigenvalue weighted by atomic mass is 10.2. The van der Waals surface area contributed by atoms with Crippen molar-refractivity contribution in [2.24, 2.45) is 0 Å². The number of nitrogens with one attached hydrogen (secondary N) is 1. The number of nitrogens with zero attached hydrogens (tertiary/aromatic N) is 3. The van der Waals surface area contributed by atoms with E-state index in [1.54, 1.807) is 22.9 Å². The molecule has 8 heteroatoms. The van der Waals surface area contributed by atoms with Crippen LogP contribution < -0.4 is 10.2 Å². The maximum atomic E-state index is 11.5. The van der Waals surface area contributed by atoms with Gasteiger partial charge in [-0.1, -0.05) is 23.2 Å². The van der Waals surface area contributed by atoms with Gasteiger partial charge in [0.25, 0.3) is 0 Å². The zero-order chi connectivity index (χ0) is 15.7. The number of halogens is 2. The lowest BCUT2D eigenvalue weighted by molar-refractivity contribution is 0.0697. The fourth-order valence-corrected chi connectivity index (χ4v) is 2.99. The van der Waals surface area contributed by atoms with Crippen molar-refractivity contribution in [3.05, 3.63) is 40.0 Å². The number of aromatic nitrogens is 2. The van der Waals surface area contributed by atoms with Crippen LogP contribution in [0.15, 0.2) is 24.4 Å². The molecule has 116 valence electrons. The van der Waals surface area contributed by atoms with E-state index in [2.05, 4.69) is 10.4 Å². The molecular formula is C14H14Cl2N4O2. The summed E-state index contributed by atoms with van der Waals surface area (Å²) in [4.78, 5) is 13.5. The molecule has 1 aromatic carbocycles. The number of hydrogen-bond donors (Lipinski definition) is 2. The molecule has 2 N–H and O–H groups in total. The lowest BCUT2D eigenvalue weighted by Crippen LogP contribution is -2.44. The molecule has 0 aliphatic carbocycles.